The molecule has 0 radical (unpaired) electrons. The fourth-order valence-electron chi connectivity index (χ4n) is 2.88. The highest BCUT2D eigenvalue weighted by Crippen LogP contribution is 2.32. The van der Waals surface area contributed by atoms with Gasteiger partial charge in [0, 0.05) is 32.5 Å². The molecule has 4 rings (SSSR count). The van der Waals surface area contributed by atoms with Crippen molar-refractivity contribution in [2.45, 2.75) is 26.3 Å². The van der Waals surface area contributed by atoms with E-state index in [4.69, 9.17) is 0 Å². The van der Waals surface area contributed by atoms with Gasteiger partial charge in [0.1, 0.15) is 5.69 Å². The van der Waals surface area contributed by atoms with Gasteiger partial charge in [-0.15, -0.1) is 11.3 Å². The highest BCUT2D eigenvalue weighted by molar-refractivity contribution is 7.13. The Labute approximate surface area is 149 Å². The van der Waals surface area contributed by atoms with E-state index in [0.717, 1.165) is 10.6 Å². The summed E-state index contributed by atoms with van der Waals surface area (Å²) in [6.45, 7) is 3.22. The Morgan fingerprint density at radius 1 is 1.40 bits per heavy atom. The van der Waals surface area contributed by atoms with Crippen molar-refractivity contribution in [2.24, 2.45) is 5.92 Å². The molecule has 7 heteroatoms. The van der Waals surface area contributed by atoms with Crippen LogP contribution in [0.15, 0.2) is 34.7 Å². The van der Waals surface area contributed by atoms with Gasteiger partial charge in [-0.25, -0.2) is 4.98 Å². The maximum atomic E-state index is 13.0. The van der Waals surface area contributed by atoms with Crippen molar-refractivity contribution in [1.82, 2.24) is 18.9 Å². The molecule has 1 aliphatic rings. The number of rotatable bonds is 5. The van der Waals surface area contributed by atoms with Crippen molar-refractivity contribution in [2.75, 3.05) is 13.6 Å². The zero-order valence-electron chi connectivity index (χ0n) is 14.3. The van der Waals surface area contributed by atoms with Crippen molar-refractivity contribution in [1.29, 1.82) is 0 Å². The maximum absolute atomic E-state index is 13.0. The van der Waals surface area contributed by atoms with Gasteiger partial charge in [0.15, 0.2) is 0 Å². The van der Waals surface area contributed by atoms with Crippen LogP contribution in [0.3, 0.4) is 0 Å². The molecule has 3 heterocycles. The smallest absolute Gasteiger partial charge is 0.294 e. The number of hydrogen-bond acceptors (Lipinski definition) is 4. The van der Waals surface area contributed by atoms with Crippen LogP contribution in [0.4, 0.5) is 0 Å². The van der Waals surface area contributed by atoms with E-state index in [1.165, 1.54) is 12.8 Å². The number of fused-ring (bicyclic) bond motifs is 1. The number of carbonyl (C=O) groups is 1. The fourth-order valence-corrected chi connectivity index (χ4v) is 3.63. The predicted octanol–water partition coefficient (Wildman–Crippen LogP) is 2.73. The lowest BCUT2D eigenvalue weighted by molar-refractivity contribution is 0.0797. The molecule has 0 N–H and O–H groups in total. The number of aromatic nitrogens is 3. The Balaban J connectivity index is 1.88. The van der Waals surface area contributed by atoms with Crippen LogP contribution in [0.1, 0.15) is 30.3 Å². The molecule has 1 saturated carbocycles. The molecule has 0 atom stereocenters. The third kappa shape index (κ3) is 2.89. The summed E-state index contributed by atoms with van der Waals surface area (Å²) in [5.41, 5.74) is 1.38. The van der Waals surface area contributed by atoms with Crippen LogP contribution in [0, 0.1) is 5.92 Å². The van der Waals surface area contributed by atoms with Gasteiger partial charge in [-0.1, -0.05) is 6.07 Å². The summed E-state index contributed by atoms with van der Waals surface area (Å²) in [6.07, 6.45) is 5.91. The van der Waals surface area contributed by atoms with Crippen LogP contribution >= 0.6 is 11.3 Å². The third-order valence-electron chi connectivity index (χ3n) is 4.67. The molecule has 1 amide bonds. The topological polar surface area (TPSA) is 59.6 Å². The van der Waals surface area contributed by atoms with E-state index in [2.05, 4.69) is 4.98 Å². The van der Waals surface area contributed by atoms with Gasteiger partial charge < -0.3 is 9.47 Å². The van der Waals surface area contributed by atoms with Gasteiger partial charge in [0.25, 0.3) is 11.5 Å². The molecular weight excluding hydrogens is 336 g/mol. The van der Waals surface area contributed by atoms with Gasteiger partial charge in [-0.3, -0.25) is 14.0 Å². The normalized spacial score (nSPS) is 14.2. The van der Waals surface area contributed by atoms with E-state index in [-0.39, 0.29) is 11.5 Å². The molecule has 0 saturated heterocycles. The Bertz CT molecular complexity index is 983. The molecule has 0 bridgehead atoms. The lowest BCUT2D eigenvalue weighted by atomic mass is 10.3. The Morgan fingerprint density at radius 2 is 2.20 bits per heavy atom. The van der Waals surface area contributed by atoms with E-state index < -0.39 is 0 Å². The summed E-state index contributed by atoms with van der Waals surface area (Å²) in [4.78, 5) is 32.4. The van der Waals surface area contributed by atoms with Crippen molar-refractivity contribution < 1.29 is 4.79 Å². The van der Waals surface area contributed by atoms with Gasteiger partial charge >= 0.3 is 0 Å². The first-order valence-corrected chi connectivity index (χ1v) is 9.38. The van der Waals surface area contributed by atoms with Crippen LogP contribution in [0.5, 0.6) is 0 Å². The third-order valence-corrected chi connectivity index (χ3v) is 5.56. The van der Waals surface area contributed by atoms with Crippen LogP contribution < -0.4 is 5.56 Å². The number of hydrogen-bond donors (Lipinski definition) is 0. The highest BCUT2D eigenvalue weighted by Gasteiger charge is 2.25. The summed E-state index contributed by atoms with van der Waals surface area (Å²) in [7, 11) is 1.73. The number of imidazole rings is 1. The van der Waals surface area contributed by atoms with Gasteiger partial charge in [0.2, 0.25) is 5.65 Å². The first-order chi connectivity index (χ1) is 12.1. The molecule has 0 aliphatic heterocycles. The first-order valence-electron chi connectivity index (χ1n) is 8.50. The van der Waals surface area contributed by atoms with Gasteiger partial charge in [-0.2, -0.15) is 0 Å². The lowest BCUT2D eigenvalue weighted by Crippen LogP contribution is -2.26. The van der Waals surface area contributed by atoms with E-state index in [9.17, 15) is 9.59 Å². The van der Waals surface area contributed by atoms with Crippen molar-refractivity contribution in [3.63, 3.8) is 0 Å². The second-order valence-electron chi connectivity index (χ2n) is 6.53. The molecule has 3 aromatic rings. The highest BCUT2D eigenvalue weighted by atomic mass is 32.1. The minimum absolute atomic E-state index is 0.129. The van der Waals surface area contributed by atoms with Crippen LogP contribution in [-0.4, -0.2) is 38.4 Å². The Hall–Kier alpha value is -2.41. The number of amides is 1. The van der Waals surface area contributed by atoms with Crippen LogP contribution in [0.2, 0.25) is 0 Å². The SMILES string of the molecule is CCN(C)C(=O)c1cn2cc(-c3cccs3)n(CC3CC3)c(=O)c2n1. The van der Waals surface area contributed by atoms with Crippen LogP contribution in [0.25, 0.3) is 16.2 Å². The molecule has 1 fully saturated rings. The average molecular weight is 356 g/mol. The lowest BCUT2D eigenvalue weighted by Gasteiger charge is -2.11. The average Bonchev–Trinajstić information content (AvgIpc) is 3.11. The zero-order chi connectivity index (χ0) is 17.6. The monoisotopic (exact) mass is 356 g/mol. The number of nitrogens with zero attached hydrogens (tertiary/aromatic N) is 4. The molecule has 0 unspecified atom stereocenters. The van der Waals surface area contributed by atoms with E-state index in [1.54, 1.807) is 33.9 Å². The fraction of sp³-hybridized carbons (Fsp3) is 0.389. The summed E-state index contributed by atoms with van der Waals surface area (Å²) < 4.78 is 3.52. The Kier molecular flexibility index (Phi) is 3.95. The minimum Gasteiger partial charge on any atom is -0.341 e. The summed E-state index contributed by atoms with van der Waals surface area (Å²) in [6, 6.07) is 4.00. The zero-order valence-corrected chi connectivity index (χ0v) is 15.1. The molecule has 130 valence electrons. The molecule has 0 spiro atoms. The van der Waals surface area contributed by atoms with Gasteiger partial charge in [-0.05, 0) is 37.1 Å². The quantitative estimate of drug-likeness (QED) is 0.706. The second kappa shape index (κ2) is 6.15. The summed E-state index contributed by atoms with van der Waals surface area (Å²) in [5, 5.41) is 2.00. The maximum Gasteiger partial charge on any atom is 0.294 e. The second-order valence-corrected chi connectivity index (χ2v) is 7.47. The molecule has 0 aromatic carbocycles. The predicted molar refractivity (Wildman–Crippen MR) is 98.1 cm³/mol. The molecular formula is C18H20N4O2S. The molecule has 1 aliphatic carbocycles. The molecule has 25 heavy (non-hydrogen) atoms. The largest absolute Gasteiger partial charge is 0.341 e. The van der Waals surface area contributed by atoms with Crippen molar-refractivity contribution in [3.05, 3.63) is 46.0 Å². The summed E-state index contributed by atoms with van der Waals surface area (Å²) >= 11 is 1.61. The van der Waals surface area contributed by atoms with E-state index in [0.29, 0.717) is 30.3 Å². The molecule has 6 nitrogen and oxygen atoms in total. The first kappa shape index (κ1) is 16.1. The summed E-state index contributed by atoms with van der Waals surface area (Å²) in [5.74, 6) is 0.401. The van der Waals surface area contributed by atoms with E-state index in [1.807, 2.05) is 35.2 Å². The molecule has 3 aromatic heterocycles. The minimum atomic E-state index is -0.169. The van der Waals surface area contributed by atoms with Crippen LogP contribution in [-0.2, 0) is 6.54 Å². The Morgan fingerprint density at radius 3 is 2.84 bits per heavy atom. The van der Waals surface area contributed by atoms with Crippen molar-refractivity contribution in [3.8, 4) is 10.6 Å². The number of carbonyl (C=O) groups excluding carboxylic acids is 1. The number of thiophene rings is 1. The van der Waals surface area contributed by atoms with Gasteiger partial charge in [0.05, 0.1) is 10.6 Å². The van der Waals surface area contributed by atoms with E-state index >= 15 is 0 Å². The standard InChI is InChI=1S/C18H20N4O2S/c1-3-20(2)17(23)13-10-21-11-14(15-5-4-8-25-15)22(9-12-6-7-12)18(24)16(21)19-13/h4-5,8,10-12H,3,6-7,9H2,1-2H3. The van der Waals surface area contributed by atoms with Crippen molar-refractivity contribution >= 4 is 22.9 Å².